The zero-order valence-electron chi connectivity index (χ0n) is 8.45. The van der Waals surface area contributed by atoms with Crippen LogP contribution in [0.2, 0.25) is 0 Å². The molecule has 0 aromatic rings. The minimum atomic E-state index is -0.887. The van der Waals surface area contributed by atoms with E-state index in [4.69, 9.17) is 15.9 Å². The average molecular weight is 196 g/mol. The van der Waals surface area contributed by atoms with E-state index < -0.39 is 17.5 Å². The molecular formula is C11H16O3. The van der Waals surface area contributed by atoms with Crippen LogP contribution in [0.4, 0.5) is 0 Å². The van der Waals surface area contributed by atoms with Gasteiger partial charge in [-0.2, -0.15) is 0 Å². The monoisotopic (exact) mass is 196 g/mol. The number of rotatable bonds is 1. The molecule has 0 amide bonds. The molecular weight excluding hydrogens is 180 g/mol. The van der Waals surface area contributed by atoms with Crippen molar-refractivity contribution in [3.8, 4) is 12.3 Å². The van der Waals surface area contributed by atoms with Crippen molar-refractivity contribution in [2.24, 2.45) is 0 Å². The van der Waals surface area contributed by atoms with Gasteiger partial charge in [-0.25, -0.2) is 0 Å². The second kappa shape index (κ2) is 3.23. The molecule has 2 fully saturated rings. The molecule has 1 heterocycles. The Morgan fingerprint density at radius 1 is 1.43 bits per heavy atom. The first-order valence-electron chi connectivity index (χ1n) is 5.09. The van der Waals surface area contributed by atoms with Gasteiger partial charge in [0, 0.05) is 12.8 Å². The molecule has 0 aromatic heterocycles. The van der Waals surface area contributed by atoms with Crippen LogP contribution in [-0.4, -0.2) is 29.2 Å². The van der Waals surface area contributed by atoms with Gasteiger partial charge in [-0.15, -0.1) is 6.42 Å². The number of hydrogen-bond donors (Lipinski definition) is 1. The summed E-state index contributed by atoms with van der Waals surface area (Å²) in [6, 6.07) is 0. The van der Waals surface area contributed by atoms with Crippen LogP contribution in [0.3, 0.4) is 0 Å². The summed E-state index contributed by atoms with van der Waals surface area (Å²) in [6.07, 6.45) is 8.39. The minimum absolute atomic E-state index is 0.387. The smallest absolute Gasteiger partial charge is 0.169 e. The molecule has 0 aromatic carbocycles. The van der Waals surface area contributed by atoms with E-state index in [-0.39, 0.29) is 0 Å². The van der Waals surface area contributed by atoms with E-state index in [0.29, 0.717) is 6.61 Å². The second-order valence-electron chi connectivity index (χ2n) is 4.39. The van der Waals surface area contributed by atoms with E-state index >= 15 is 0 Å². The molecule has 14 heavy (non-hydrogen) atoms. The van der Waals surface area contributed by atoms with Crippen molar-refractivity contribution in [2.45, 2.75) is 50.1 Å². The highest BCUT2D eigenvalue weighted by Crippen LogP contribution is 2.43. The van der Waals surface area contributed by atoms with Crippen molar-refractivity contribution in [3.63, 3.8) is 0 Å². The Balaban J connectivity index is 2.10. The summed E-state index contributed by atoms with van der Waals surface area (Å²) in [7, 11) is 0. The van der Waals surface area contributed by atoms with Crippen molar-refractivity contribution in [3.05, 3.63) is 0 Å². The van der Waals surface area contributed by atoms with Crippen molar-refractivity contribution < 1.29 is 14.6 Å². The van der Waals surface area contributed by atoms with Crippen LogP contribution in [0.15, 0.2) is 0 Å². The summed E-state index contributed by atoms with van der Waals surface area (Å²) in [5, 5.41) is 9.62. The Labute approximate surface area is 84.4 Å². The van der Waals surface area contributed by atoms with Gasteiger partial charge in [0.15, 0.2) is 5.79 Å². The van der Waals surface area contributed by atoms with Crippen LogP contribution in [0.5, 0.6) is 0 Å². The summed E-state index contributed by atoms with van der Waals surface area (Å²) < 4.78 is 11.5. The normalized spacial score (nSPS) is 37.2. The summed E-state index contributed by atoms with van der Waals surface area (Å²) in [6.45, 7) is 2.20. The molecule has 1 aliphatic heterocycles. The fourth-order valence-electron chi connectivity index (χ4n) is 2.23. The summed E-state index contributed by atoms with van der Waals surface area (Å²) >= 11 is 0. The maximum atomic E-state index is 9.62. The highest BCUT2D eigenvalue weighted by Gasteiger charge is 2.52. The average Bonchev–Trinajstić information content (AvgIpc) is 2.75. The van der Waals surface area contributed by atoms with Crippen LogP contribution < -0.4 is 0 Å². The highest BCUT2D eigenvalue weighted by molar-refractivity contribution is 5.07. The van der Waals surface area contributed by atoms with E-state index in [1.165, 1.54) is 0 Å². The molecule has 1 saturated carbocycles. The number of terminal acetylenes is 1. The van der Waals surface area contributed by atoms with Gasteiger partial charge >= 0.3 is 0 Å². The van der Waals surface area contributed by atoms with Gasteiger partial charge in [-0.1, -0.05) is 5.92 Å². The molecule has 1 N–H and O–H groups in total. The van der Waals surface area contributed by atoms with Crippen molar-refractivity contribution in [2.75, 3.05) is 6.61 Å². The largest absolute Gasteiger partial charge is 0.377 e. The minimum Gasteiger partial charge on any atom is -0.377 e. The van der Waals surface area contributed by atoms with E-state index in [0.717, 1.165) is 25.7 Å². The fraction of sp³-hybridized carbons (Fsp3) is 0.818. The molecule has 0 bridgehead atoms. The third-order valence-electron chi connectivity index (χ3n) is 3.14. The van der Waals surface area contributed by atoms with Gasteiger partial charge in [0.25, 0.3) is 0 Å². The quantitative estimate of drug-likeness (QED) is 0.637. The molecule has 0 radical (unpaired) electrons. The fourth-order valence-corrected chi connectivity index (χ4v) is 2.23. The van der Waals surface area contributed by atoms with Gasteiger partial charge < -0.3 is 14.6 Å². The van der Waals surface area contributed by atoms with Crippen LogP contribution >= 0.6 is 0 Å². The zero-order chi connectivity index (χ0) is 10.2. The molecule has 2 aliphatic rings. The Morgan fingerprint density at radius 2 is 2.07 bits per heavy atom. The predicted molar refractivity (Wildman–Crippen MR) is 51.5 cm³/mol. The van der Waals surface area contributed by atoms with E-state index in [9.17, 15) is 5.11 Å². The van der Waals surface area contributed by atoms with E-state index in [2.05, 4.69) is 5.92 Å². The Kier molecular flexibility index (Phi) is 2.30. The lowest BCUT2D eigenvalue weighted by Gasteiger charge is -2.28. The van der Waals surface area contributed by atoms with Gasteiger partial charge in [-0.05, 0) is 19.8 Å². The summed E-state index contributed by atoms with van der Waals surface area (Å²) in [5.74, 6) is 1.85. The van der Waals surface area contributed by atoms with Crippen molar-refractivity contribution in [1.29, 1.82) is 0 Å². The lowest BCUT2D eigenvalue weighted by molar-refractivity contribution is -0.191. The molecule has 1 spiro atoms. The Hall–Kier alpha value is -0.560. The topological polar surface area (TPSA) is 38.7 Å². The van der Waals surface area contributed by atoms with Gasteiger partial charge in [0.2, 0.25) is 0 Å². The third kappa shape index (κ3) is 1.44. The molecule has 1 aliphatic carbocycles. The van der Waals surface area contributed by atoms with Crippen LogP contribution in [0.25, 0.3) is 0 Å². The summed E-state index contributed by atoms with van der Waals surface area (Å²) in [4.78, 5) is 0. The molecule has 78 valence electrons. The van der Waals surface area contributed by atoms with Crippen molar-refractivity contribution in [1.82, 2.24) is 0 Å². The maximum absolute atomic E-state index is 9.62. The molecule has 0 unspecified atom stereocenters. The lowest BCUT2D eigenvalue weighted by Crippen LogP contribution is -2.42. The van der Waals surface area contributed by atoms with Crippen LogP contribution in [0, 0.1) is 12.3 Å². The molecule has 2 atom stereocenters. The standard InChI is InChI=1S/C11H16O3/c1-3-9(12)10(2)8-13-11(14-10)6-4-5-7-11/h1,9,12H,4-8H2,2H3/t9-,10+/m1/s1. The van der Waals surface area contributed by atoms with Crippen molar-refractivity contribution >= 4 is 0 Å². The lowest BCUT2D eigenvalue weighted by atomic mass is 10.0. The summed E-state index contributed by atoms with van der Waals surface area (Å²) in [5.41, 5.74) is -0.723. The SMILES string of the molecule is C#C[C@@H](O)[C@]1(C)COC2(CCCC2)O1. The molecule has 2 rings (SSSR count). The highest BCUT2D eigenvalue weighted by atomic mass is 16.8. The first kappa shape index (κ1) is 9.97. The van der Waals surface area contributed by atoms with Gasteiger partial charge in [-0.3, -0.25) is 0 Å². The zero-order valence-corrected chi connectivity index (χ0v) is 8.45. The van der Waals surface area contributed by atoms with Crippen LogP contribution in [0.1, 0.15) is 32.6 Å². The number of aliphatic hydroxyl groups is 1. The van der Waals surface area contributed by atoms with E-state index in [1.807, 2.05) is 6.92 Å². The van der Waals surface area contributed by atoms with Crippen LogP contribution in [-0.2, 0) is 9.47 Å². The molecule has 3 heteroatoms. The predicted octanol–water partition coefficient (Wildman–Crippen LogP) is 1.06. The molecule has 1 saturated heterocycles. The first-order valence-corrected chi connectivity index (χ1v) is 5.09. The van der Waals surface area contributed by atoms with E-state index in [1.54, 1.807) is 0 Å². The van der Waals surface area contributed by atoms with Gasteiger partial charge in [0.05, 0.1) is 6.61 Å². The number of ether oxygens (including phenoxy) is 2. The first-order chi connectivity index (χ1) is 6.60. The number of aliphatic hydroxyl groups excluding tert-OH is 1. The number of hydrogen-bond acceptors (Lipinski definition) is 3. The second-order valence-corrected chi connectivity index (χ2v) is 4.39. The third-order valence-corrected chi connectivity index (χ3v) is 3.14. The Bertz CT molecular complexity index is 262. The molecule has 3 nitrogen and oxygen atoms in total. The van der Waals surface area contributed by atoms with Gasteiger partial charge in [0.1, 0.15) is 11.7 Å². The Morgan fingerprint density at radius 3 is 2.64 bits per heavy atom. The maximum Gasteiger partial charge on any atom is 0.169 e.